The molecule has 2 atom stereocenters. The SMILES string of the molecule is C[NH+](Cc1ccc(/C=C\C(c2cc(Cl)c(Cl)c(Cl)c2)C(F)(F)F)cc1)C(=O)CC(F)(F)F. The second-order valence-electron chi connectivity index (χ2n) is 7.09. The van der Waals surface area contributed by atoms with Crippen LogP contribution in [-0.2, 0) is 11.3 Å². The minimum Gasteiger partial charge on any atom is -0.270 e. The summed E-state index contributed by atoms with van der Waals surface area (Å²) < 4.78 is 77.8. The molecule has 2 unspecified atom stereocenters. The van der Waals surface area contributed by atoms with Crippen molar-refractivity contribution < 1.29 is 36.0 Å². The maximum atomic E-state index is 13.6. The largest absolute Gasteiger partial charge is 0.401 e. The van der Waals surface area contributed by atoms with Crippen molar-refractivity contribution in [3.63, 3.8) is 0 Å². The molecule has 0 heterocycles. The Balaban J connectivity index is 2.16. The highest BCUT2D eigenvalue weighted by molar-refractivity contribution is 6.48. The summed E-state index contributed by atoms with van der Waals surface area (Å²) >= 11 is 17.5. The lowest BCUT2D eigenvalue weighted by Crippen LogP contribution is -3.10. The van der Waals surface area contributed by atoms with Gasteiger partial charge in [-0.15, -0.1) is 0 Å². The quantitative estimate of drug-likeness (QED) is 0.341. The third-order valence-corrected chi connectivity index (χ3v) is 5.68. The predicted octanol–water partition coefficient (Wildman–Crippen LogP) is 6.50. The van der Waals surface area contributed by atoms with E-state index in [1.54, 1.807) is 0 Å². The summed E-state index contributed by atoms with van der Waals surface area (Å²) in [5.41, 5.74) is 0.797. The number of halogens is 9. The first-order valence-corrected chi connectivity index (χ1v) is 10.2. The number of carbonyl (C=O) groups is 1. The van der Waals surface area contributed by atoms with E-state index in [9.17, 15) is 31.1 Å². The molecule has 0 aromatic heterocycles. The molecule has 2 rings (SSSR count). The Morgan fingerprint density at radius 1 is 1.00 bits per heavy atom. The van der Waals surface area contributed by atoms with Gasteiger partial charge in [-0.3, -0.25) is 4.90 Å². The van der Waals surface area contributed by atoms with Gasteiger partial charge in [-0.25, -0.2) is 4.79 Å². The standard InChI is InChI=1S/C21H16Cl3F6NO/c1-31(18(32)10-20(25,26)27)11-13-4-2-12(3-5-13)6-7-15(21(28,29)30)14-8-16(22)19(24)17(23)9-14/h2-9,15H,10-11H2,1H3/p+1/b7-6-. The van der Waals surface area contributed by atoms with Gasteiger partial charge in [0.2, 0.25) is 0 Å². The first-order chi connectivity index (χ1) is 14.7. The van der Waals surface area contributed by atoms with E-state index in [1.807, 2.05) is 0 Å². The Morgan fingerprint density at radius 3 is 2.00 bits per heavy atom. The lowest BCUT2D eigenvalue weighted by atomic mass is 9.97. The normalized spacial score (nSPS) is 14.6. The van der Waals surface area contributed by atoms with Crippen molar-refractivity contribution in [1.82, 2.24) is 0 Å². The van der Waals surface area contributed by atoms with Crippen LogP contribution < -0.4 is 4.90 Å². The fraction of sp³-hybridized carbons (Fsp3) is 0.286. The molecule has 0 saturated heterocycles. The molecular formula is C21H17Cl3F6NO+. The van der Waals surface area contributed by atoms with Crippen LogP contribution in [-0.4, -0.2) is 25.3 Å². The van der Waals surface area contributed by atoms with Gasteiger partial charge in [0, 0.05) is 5.56 Å². The minimum absolute atomic E-state index is 0.00581. The number of benzene rings is 2. The summed E-state index contributed by atoms with van der Waals surface area (Å²) in [4.78, 5) is 11.6. The maximum absolute atomic E-state index is 13.6. The van der Waals surface area contributed by atoms with E-state index in [4.69, 9.17) is 34.8 Å². The number of allylic oxidation sites excluding steroid dienone is 1. The van der Waals surface area contributed by atoms with E-state index in [-0.39, 0.29) is 32.1 Å². The van der Waals surface area contributed by atoms with Gasteiger partial charge in [-0.1, -0.05) is 71.2 Å². The third kappa shape index (κ3) is 7.69. The van der Waals surface area contributed by atoms with Crippen molar-refractivity contribution in [2.45, 2.75) is 31.2 Å². The van der Waals surface area contributed by atoms with Gasteiger partial charge in [0.1, 0.15) is 6.54 Å². The van der Waals surface area contributed by atoms with Crippen LogP contribution in [0.3, 0.4) is 0 Å². The van der Waals surface area contributed by atoms with Crippen LogP contribution in [0.5, 0.6) is 0 Å². The lowest BCUT2D eigenvalue weighted by molar-refractivity contribution is -0.814. The van der Waals surface area contributed by atoms with E-state index in [0.717, 1.165) is 18.2 Å². The van der Waals surface area contributed by atoms with E-state index in [1.165, 1.54) is 37.4 Å². The number of hydrogen-bond acceptors (Lipinski definition) is 1. The van der Waals surface area contributed by atoms with Gasteiger partial charge < -0.3 is 0 Å². The Bertz CT molecular complexity index is 964. The smallest absolute Gasteiger partial charge is 0.270 e. The number of quaternary nitrogens is 1. The van der Waals surface area contributed by atoms with Crippen LogP contribution in [0.15, 0.2) is 42.5 Å². The Hall–Kier alpha value is -1.74. The van der Waals surface area contributed by atoms with Crippen LogP contribution in [0.25, 0.3) is 6.08 Å². The molecule has 0 bridgehead atoms. The fourth-order valence-electron chi connectivity index (χ4n) is 2.86. The van der Waals surface area contributed by atoms with Gasteiger partial charge in [0.25, 0.3) is 0 Å². The summed E-state index contributed by atoms with van der Waals surface area (Å²) in [5.74, 6) is -3.00. The summed E-state index contributed by atoms with van der Waals surface area (Å²) in [7, 11) is 1.32. The fourth-order valence-corrected chi connectivity index (χ4v) is 3.47. The van der Waals surface area contributed by atoms with Crippen LogP contribution >= 0.6 is 34.8 Å². The first kappa shape index (κ1) is 26.5. The Kier molecular flexibility index (Phi) is 8.67. The summed E-state index contributed by atoms with van der Waals surface area (Å²) in [5, 5.41) is -0.251. The van der Waals surface area contributed by atoms with Crippen molar-refractivity contribution in [2.24, 2.45) is 0 Å². The Morgan fingerprint density at radius 2 is 1.53 bits per heavy atom. The summed E-state index contributed by atoms with van der Waals surface area (Å²) in [6.07, 6.45) is -8.54. The lowest BCUT2D eigenvalue weighted by Gasteiger charge is -2.18. The molecule has 11 heteroatoms. The number of rotatable bonds is 6. The molecule has 0 saturated carbocycles. The number of alkyl halides is 6. The average Bonchev–Trinajstić information content (AvgIpc) is 2.65. The molecule has 2 aromatic carbocycles. The zero-order valence-electron chi connectivity index (χ0n) is 16.4. The highest BCUT2D eigenvalue weighted by atomic mass is 35.5. The molecule has 1 N–H and O–H groups in total. The van der Waals surface area contributed by atoms with Crippen LogP contribution in [0.2, 0.25) is 15.1 Å². The van der Waals surface area contributed by atoms with Crippen molar-refractivity contribution in [1.29, 1.82) is 0 Å². The van der Waals surface area contributed by atoms with Crippen molar-refractivity contribution in [2.75, 3.05) is 7.05 Å². The summed E-state index contributed by atoms with van der Waals surface area (Å²) in [6.45, 7) is 0.00581. The van der Waals surface area contributed by atoms with E-state index in [2.05, 4.69) is 0 Å². The van der Waals surface area contributed by atoms with E-state index < -0.39 is 30.6 Å². The van der Waals surface area contributed by atoms with Gasteiger partial charge >= 0.3 is 18.3 Å². The van der Waals surface area contributed by atoms with Crippen LogP contribution in [0, 0.1) is 0 Å². The van der Waals surface area contributed by atoms with Crippen LogP contribution in [0.4, 0.5) is 26.3 Å². The van der Waals surface area contributed by atoms with Crippen LogP contribution in [0.1, 0.15) is 29.0 Å². The highest BCUT2D eigenvalue weighted by Crippen LogP contribution is 2.41. The first-order valence-electron chi connectivity index (χ1n) is 9.08. The molecule has 174 valence electrons. The molecule has 0 spiro atoms. The Labute approximate surface area is 195 Å². The third-order valence-electron chi connectivity index (χ3n) is 4.49. The number of carbonyl (C=O) groups excluding carboxylic acids is 1. The molecule has 2 nitrogen and oxygen atoms in total. The second-order valence-corrected chi connectivity index (χ2v) is 8.28. The second kappa shape index (κ2) is 10.5. The maximum Gasteiger partial charge on any atom is 0.401 e. The minimum atomic E-state index is -4.62. The van der Waals surface area contributed by atoms with Gasteiger partial charge in [0.05, 0.1) is 28.0 Å². The zero-order chi connectivity index (χ0) is 24.3. The summed E-state index contributed by atoms with van der Waals surface area (Å²) in [6, 6.07) is 8.26. The number of nitrogens with one attached hydrogen (secondary N) is 1. The van der Waals surface area contributed by atoms with Gasteiger partial charge in [-0.05, 0) is 23.3 Å². The molecule has 0 radical (unpaired) electrons. The van der Waals surface area contributed by atoms with Crippen molar-refractivity contribution >= 4 is 46.8 Å². The molecule has 1 amide bonds. The number of amides is 1. The predicted molar refractivity (Wildman–Crippen MR) is 112 cm³/mol. The number of hydrogen-bond donors (Lipinski definition) is 1. The monoisotopic (exact) mass is 518 g/mol. The van der Waals surface area contributed by atoms with E-state index in [0.29, 0.717) is 11.1 Å². The molecular weight excluding hydrogens is 503 g/mol. The van der Waals surface area contributed by atoms with Gasteiger partial charge in [-0.2, -0.15) is 26.3 Å². The van der Waals surface area contributed by atoms with Crippen molar-refractivity contribution in [3.05, 3.63) is 74.2 Å². The van der Waals surface area contributed by atoms with Crippen molar-refractivity contribution in [3.8, 4) is 0 Å². The molecule has 0 fully saturated rings. The highest BCUT2D eigenvalue weighted by Gasteiger charge is 2.39. The average molecular weight is 520 g/mol. The molecule has 32 heavy (non-hydrogen) atoms. The molecule has 0 aliphatic rings. The molecule has 0 aliphatic heterocycles. The molecule has 0 aliphatic carbocycles. The topological polar surface area (TPSA) is 21.5 Å². The van der Waals surface area contributed by atoms with Gasteiger partial charge in [0.15, 0.2) is 6.42 Å². The molecule has 2 aromatic rings. The zero-order valence-corrected chi connectivity index (χ0v) is 18.7. The van der Waals surface area contributed by atoms with E-state index >= 15 is 0 Å².